The van der Waals surface area contributed by atoms with E-state index in [2.05, 4.69) is 30.6 Å². The number of hydrogen-bond donors (Lipinski definition) is 5. The maximum absolute atomic E-state index is 16.5. The Morgan fingerprint density at radius 3 is 1.97 bits per heavy atom. The van der Waals surface area contributed by atoms with Gasteiger partial charge in [0, 0.05) is 35.2 Å². The van der Waals surface area contributed by atoms with Gasteiger partial charge in [0.2, 0.25) is 11.8 Å². The van der Waals surface area contributed by atoms with E-state index in [0.29, 0.717) is 76.9 Å². The molecule has 8 rings (SSSR count). The summed E-state index contributed by atoms with van der Waals surface area (Å²) in [6, 6.07) is 8.86. The second-order valence-corrected chi connectivity index (χ2v) is 16.1. The fraction of sp³-hybridized carbons (Fsp3) is 0.429. The van der Waals surface area contributed by atoms with Crippen LogP contribution in [0.25, 0.3) is 44.7 Å². The van der Waals surface area contributed by atoms with Crippen LogP contribution in [0.4, 0.5) is 14.0 Å². The van der Waals surface area contributed by atoms with E-state index in [4.69, 9.17) is 9.47 Å². The third kappa shape index (κ3) is 7.22. The molecule has 59 heavy (non-hydrogen) atoms. The van der Waals surface area contributed by atoms with E-state index >= 15 is 4.39 Å². The SMILES string of the molecule is COC(=O)NC(C(=O)N1CCC[C@H]1c1ncc(-c2ccc3c(c2)c(F)c2n3COc3cc(-c4cnc([C@@H]5CCCN5C(=O)C(NC(=O)O)C(C)C)[nH]4)ccc3-2)[nH]1)C(C)C. The molecule has 2 fully saturated rings. The van der Waals surface area contributed by atoms with Crippen molar-refractivity contribution in [3.05, 3.63) is 66.3 Å². The van der Waals surface area contributed by atoms with E-state index in [9.17, 15) is 24.3 Å². The predicted molar refractivity (Wildman–Crippen MR) is 214 cm³/mol. The van der Waals surface area contributed by atoms with Crippen LogP contribution < -0.4 is 15.4 Å². The molecule has 0 bridgehead atoms. The van der Waals surface area contributed by atoms with Crippen molar-refractivity contribution in [2.75, 3.05) is 20.2 Å². The summed E-state index contributed by atoms with van der Waals surface area (Å²) in [5.41, 5.74) is 4.57. The van der Waals surface area contributed by atoms with Crippen LogP contribution in [-0.2, 0) is 21.1 Å². The van der Waals surface area contributed by atoms with Gasteiger partial charge in [-0.25, -0.2) is 23.9 Å². The molecule has 0 saturated carbocycles. The quantitative estimate of drug-likeness (QED) is 0.103. The lowest BCUT2D eigenvalue weighted by atomic mass is 10.0. The van der Waals surface area contributed by atoms with E-state index < -0.39 is 24.3 Å². The van der Waals surface area contributed by atoms with Crippen LogP contribution >= 0.6 is 0 Å². The number of halogens is 1. The van der Waals surface area contributed by atoms with E-state index in [1.165, 1.54) is 7.11 Å². The maximum Gasteiger partial charge on any atom is 0.407 e. The zero-order valence-electron chi connectivity index (χ0n) is 33.5. The number of H-pyrrole nitrogens is 2. The van der Waals surface area contributed by atoms with Crippen LogP contribution in [-0.4, -0.2) is 95.7 Å². The van der Waals surface area contributed by atoms with E-state index in [1.807, 2.05) is 48.7 Å². The Balaban J connectivity index is 1.02. The molecule has 6 heterocycles. The molecular weight excluding hydrogens is 762 g/mol. The number of hydrogen-bond acceptors (Lipinski definition) is 8. The van der Waals surface area contributed by atoms with Gasteiger partial charge in [0.1, 0.15) is 29.5 Å². The molecular formula is C42H48FN9O7. The average molecular weight is 810 g/mol. The van der Waals surface area contributed by atoms with Crippen molar-refractivity contribution in [1.82, 2.24) is 44.9 Å². The fourth-order valence-electron chi connectivity index (χ4n) is 8.66. The lowest BCUT2D eigenvalue weighted by molar-refractivity contribution is -0.136. The van der Waals surface area contributed by atoms with Crippen molar-refractivity contribution in [1.29, 1.82) is 0 Å². The number of imidazole rings is 2. The van der Waals surface area contributed by atoms with Gasteiger partial charge in [-0.2, -0.15) is 0 Å². The van der Waals surface area contributed by atoms with E-state index in [-0.39, 0.29) is 48.3 Å². The molecule has 5 aromatic rings. The molecule has 310 valence electrons. The Hall–Kier alpha value is -6.39. The van der Waals surface area contributed by atoms with Gasteiger partial charge in [-0.3, -0.25) is 9.59 Å². The molecule has 0 radical (unpaired) electrons. The molecule has 2 unspecified atom stereocenters. The first-order valence-electron chi connectivity index (χ1n) is 20.0. The summed E-state index contributed by atoms with van der Waals surface area (Å²) in [5.74, 6) is 0.502. The molecule has 4 atom stereocenters. The maximum atomic E-state index is 16.5. The summed E-state index contributed by atoms with van der Waals surface area (Å²) in [6.07, 6.45) is 4.43. The van der Waals surface area contributed by atoms with E-state index in [0.717, 1.165) is 24.0 Å². The molecule has 17 heteroatoms. The predicted octanol–water partition coefficient (Wildman–Crippen LogP) is 6.58. The van der Waals surface area contributed by atoms with Gasteiger partial charge < -0.3 is 49.5 Å². The van der Waals surface area contributed by atoms with Crippen LogP contribution in [0.5, 0.6) is 5.75 Å². The first-order valence-corrected chi connectivity index (χ1v) is 20.0. The summed E-state index contributed by atoms with van der Waals surface area (Å²) in [7, 11) is 1.27. The van der Waals surface area contributed by atoms with Gasteiger partial charge in [-0.15, -0.1) is 0 Å². The highest BCUT2D eigenvalue weighted by Gasteiger charge is 2.39. The minimum atomic E-state index is -1.24. The lowest BCUT2D eigenvalue weighted by Gasteiger charge is -2.30. The normalized spacial score (nSPS) is 18.4. The Morgan fingerprint density at radius 1 is 0.847 bits per heavy atom. The number of carboxylic acid groups (broad SMARTS) is 1. The first kappa shape index (κ1) is 39.4. The van der Waals surface area contributed by atoms with Crippen LogP contribution in [0.1, 0.15) is 77.1 Å². The Morgan fingerprint density at radius 2 is 1.41 bits per heavy atom. The molecule has 16 nitrogen and oxygen atoms in total. The molecule has 3 aliphatic heterocycles. The highest BCUT2D eigenvalue weighted by molar-refractivity contribution is 5.93. The number of aromatic amines is 2. The zero-order valence-corrected chi connectivity index (χ0v) is 33.5. The third-order valence-corrected chi connectivity index (χ3v) is 11.7. The smallest absolute Gasteiger partial charge is 0.407 e. The van der Waals surface area contributed by atoms with Gasteiger partial charge in [-0.05, 0) is 61.8 Å². The largest absolute Gasteiger partial charge is 0.472 e. The molecule has 4 amide bonds. The Labute approximate surface area is 339 Å². The number of likely N-dealkylation sites (tertiary alicyclic amines) is 2. The molecule has 5 N–H and O–H groups in total. The number of methoxy groups -OCH3 is 1. The van der Waals surface area contributed by atoms with Crippen LogP contribution in [0.2, 0.25) is 0 Å². The van der Waals surface area contributed by atoms with Crippen molar-refractivity contribution >= 4 is 34.9 Å². The van der Waals surface area contributed by atoms with Crippen molar-refractivity contribution < 1.29 is 38.1 Å². The fourth-order valence-corrected chi connectivity index (χ4v) is 8.66. The van der Waals surface area contributed by atoms with Gasteiger partial charge in [0.05, 0.1) is 54.2 Å². The molecule has 3 aromatic heterocycles. The van der Waals surface area contributed by atoms with Crippen molar-refractivity contribution in [2.45, 2.75) is 84.3 Å². The highest BCUT2D eigenvalue weighted by Crippen LogP contribution is 2.44. The molecule has 0 spiro atoms. The van der Waals surface area contributed by atoms with Gasteiger partial charge in [-0.1, -0.05) is 39.8 Å². The molecule has 3 aliphatic rings. The summed E-state index contributed by atoms with van der Waals surface area (Å²) in [6.45, 7) is 8.48. The van der Waals surface area contributed by atoms with Gasteiger partial charge in [0.15, 0.2) is 12.5 Å². The number of alkyl carbamates (subject to hydrolysis) is 1. The lowest BCUT2D eigenvalue weighted by Crippen LogP contribution is -2.51. The third-order valence-electron chi connectivity index (χ3n) is 11.7. The highest BCUT2D eigenvalue weighted by atomic mass is 19.1. The molecule has 0 aliphatic carbocycles. The Kier molecular flexibility index (Phi) is 10.5. The summed E-state index contributed by atoms with van der Waals surface area (Å²) in [4.78, 5) is 70.0. The van der Waals surface area contributed by atoms with Crippen molar-refractivity contribution in [2.24, 2.45) is 11.8 Å². The summed E-state index contributed by atoms with van der Waals surface area (Å²) < 4.78 is 29.3. The minimum Gasteiger partial charge on any atom is -0.472 e. The Bertz CT molecular complexity index is 2440. The number of carbonyl (C=O) groups excluding carboxylic acids is 3. The number of rotatable bonds is 10. The molecule has 2 aromatic carbocycles. The number of carbonyl (C=O) groups is 4. The average Bonchev–Trinajstić information content (AvgIpc) is 4.08. The van der Waals surface area contributed by atoms with Crippen molar-refractivity contribution in [3.8, 4) is 39.5 Å². The number of aromatic nitrogens is 5. The monoisotopic (exact) mass is 809 g/mol. The minimum absolute atomic E-state index is 0.0995. The number of ether oxygens (including phenoxy) is 2. The summed E-state index contributed by atoms with van der Waals surface area (Å²) >= 11 is 0. The van der Waals surface area contributed by atoms with Crippen LogP contribution in [0.3, 0.4) is 0 Å². The van der Waals surface area contributed by atoms with Gasteiger partial charge >= 0.3 is 12.2 Å². The number of nitrogens with zero attached hydrogens (tertiary/aromatic N) is 5. The zero-order chi connectivity index (χ0) is 41.7. The number of nitrogens with one attached hydrogen (secondary N) is 4. The van der Waals surface area contributed by atoms with Crippen LogP contribution in [0, 0.1) is 17.7 Å². The first-order chi connectivity index (χ1) is 28.3. The number of amides is 4. The number of fused-ring (bicyclic) bond motifs is 5. The van der Waals surface area contributed by atoms with Gasteiger partial charge in [0.25, 0.3) is 0 Å². The second kappa shape index (κ2) is 15.8. The van der Waals surface area contributed by atoms with E-state index in [1.54, 1.807) is 42.1 Å². The van der Waals surface area contributed by atoms with Crippen LogP contribution in [0.15, 0.2) is 48.8 Å². The number of benzene rings is 2. The standard InChI is InChI=1S/C42H48FN9O7/c1-21(2)34(48-41(55)56)39(53)50-14-6-8-30(50)38-45-19-28(47-38)24-10-12-25-32(17-24)59-20-52-29-13-11-23(16-26(29)33(43)36(25)52)27-18-44-37(46-27)31-9-7-15-51(31)40(54)35(22(3)4)49-42(57)58-5/h10-13,16-19,21-22,30-31,34-35,48H,6-9,14-15,20H2,1-5H3,(H,44,46)(H,45,47)(H,49,57)(H,55,56)/t30-,31-,34?,35?/m0/s1. The molecule has 2 saturated heterocycles. The second-order valence-electron chi connectivity index (χ2n) is 16.1. The summed E-state index contributed by atoms with van der Waals surface area (Å²) in [5, 5.41) is 14.8. The topological polar surface area (TPSA) is 200 Å². The van der Waals surface area contributed by atoms with Crippen molar-refractivity contribution in [3.63, 3.8) is 0 Å².